The molecule has 0 radical (unpaired) electrons. The fourth-order valence-electron chi connectivity index (χ4n) is 1.91. The molecule has 0 bridgehead atoms. The van der Waals surface area contributed by atoms with E-state index < -0.39 is 0 Å². The fourth-order valence-corrected chi connectivity index (χ4v) is 1.91. The van der Waals surface area contributed by atoms with Crippen molar-refractivity contribution in [1.29, 1.82) is 0 Å². The zero-order valence-corrected chi connectivity index (χ0v) is 12.0. The number of anilines is 2. The molecule has 3 N–H and O–H groups in total. The van der Waals surface area contributed by atoms with Crippen molar-refractivity contribution in [2.75, 3.05) is 11.1 Å². The summed E-state index contributed by atoms with van der Waals surface area (Å²) in [5.41, 5.74) is 7.66. The largest absolute Gasteiger partial charge is 0.491 e. The van der Waals surface area contributed by atoms with E-state index in [0.29, 0.717) is 6.04 Å². The van der Waals surface area contributed by atoms with Crippen LogP contribution in [0.4, 0.5) is 11.4 Å². The number of nitrogens with one attached hydrogen (secondary N) is 1. The van der Waals surface area contributed by atoms with Crippen LogP contribution in [0.5, 0.6) is 5.75 Å². The van der Waals surface area contributed by atoms with Crippen molar-refractivity contribution in [3.8, 4) is 5.75 Å². The van der Waals surface area contributed by atoms with Gasteiger partial charge in [-0.3, -0.25) is 0 Å². The molecule has 1 aromatic rings. The zero-order chi connectivity index (χ0) is 13.5. The molecule has 3 nitrogen and oxygen atoms in total. The Bertz CT molecular complexity index is 364. The fraction of sp³-hybridized carbons (Fsp3) is 0.600. The molecule has 1 rings (SSSR count). The van der Waals surface area contributed by atoms with E-state index in [-0.39, 0.29) is 6.10 Å². The number of nitrogens with two attached hydrogens (primary N) is 1. The summed E-state index contributed by atoms with van der Waals surface area (Å²) in [5.74, 6) is 0.829. The predicted molar refractivity (Wildman–Crippen MR) is 79.2 cm³/mol. The van der Waals surface area contributed by atoms with Gasteiger partial charge in [0, 0.05) is 29.5 Å². The lowest BCUT2D eigenvalue weighted by Gasteiger charge is -2.17. The summed E-state index contributed by atoms with van der Waals surface area (Å²) in [5, 5.41) is 3.47. The molecule has 102 valence electrons. The summed E-state index contributed by atoms with van der Waals surface area (Å²) >= 11 is 0. The zero-order valence-electron chi connectivity index (χ0n) is 12.0. The lowest BCUT2D eigenvalue weighted by atomic mass is 10.1. The Kier molecular flexibility index (Phi) is 5.83. The topological polar surface area (TPSA) is 47.3 Å². The van der Waals surface area contributed by atoms with Crippen LogP contribution in [0.1, 0.15) is 47.0 Å². The molecule has 1 aromatic carbocycles. The van der Waals surface area contributed by atoms with Gasteiger partial charge in [0.05, 0.1) is 6.10 Å². The Morgan fingerprint density at radius 2 is 1.94 bits per heavy atom. The third kappa shape index (κ3) is 5.30. The van der Waals surface area contributed by atoms with Crippen LogP contribution in [0.3, 0.4) is 0 Å². The molecule has 0 saturated heterocycles. The number of nitrogen functional groups attached to an aromatic ring is 1. The summed E-state index contributed by atoms with van der Waals surface area (Å²) in [6.07, 6.45) is 3.81. The van der Waals surface area contributed by atoms with Gasteiger partial charge in [-0.1, -0.05) is 19.8 Å². The molecular formula is C15H26N2O. The van der Waals surface area contributed by atoms with E-state index in [1.165, 1.54) is 19.3 Å². The second-order valence-corrected chi connectivity index (χ2v) is 5.14. The third-order valence-electron chi connectivity index (χ3n) is 2.70. The van der Waals surface area contributed by atoms with Gasteiger partial charge in [-0.25, -0.2) is 0 Å². The van der Waals surface area contributed by atoms with Crippen molar-refractivity contribution in [3.63, 3.8) is 0 Å². The quantitative estimate of drug-likeness (QED) is 0.718. The first kappa shape index (κ1) is 14.7. The molecule has 0 aliphatic rings. The van der Waals surface area contributed by atoms with Gasteiger partial charge in [0.25, 0.3) is 0 Å². The number of unbranched alkanes of at least 4 members (excludes halogenated alkanes) is 1. The molecule has 18 heavy (non-hydrogen) atoms. The Morgan fingerprint density at radius 1 is 1.22 bits per heavy atom. The average Bonchev–Trinajstić information content (AvgIpc) is 2.24. The molecule has 0 aliphatic carbocycles. The minimum absolute atomic E-state index is 0.164. The first-order valence-corrected chi connectivity index (χ1v) is 6.85. The number of rotatable bonds is 7. The van der Waals surface area contributed by atoms with E-state index in [1.807, 2.05) is 32.0 Å². The van der Waals surface area contributed by atoms with Crippen LogP contribution in [0.15, 0.2) is 18.2 Å². The minimum atomic E-state index is 0.164. The highest BCUT2D eigenvalue weighted by atomic mass is 16.5. The van der Waals surface area contributed by atoms with Crippen molar-refractivity contribution in [2.45, 2.75) is 59.1 Å². The van der Waals surface area contributed by atoms with Gasteiger partial charge in [-0.05, 0) is 33.3 Å². The first-order chi connectivity index (χ1) is 8.51. The van der Waals surface area contributed by atoms with Crippen molar-refractivity contribution in [1.82, 2.24) is 0 Å². The summed E-state index contributed by atoms with van der Waals surface area (Å²) in [6.45, 7) is 8.43. The lowest BCUT2D eigenvalue weighted by molar-refractivity contribution is 0.242. The normalized spacial score (nSPS) is 12.5. The summed E-state index contributed by atoms with van der Waals surface area (Å²) in [4.78, 5) is 0. The van der Waals surface area contributed by atoms with Crippen LogP contribution in [0, 0.1) is 0 Å². The SMILES string of the molecule is CCCCC(C)Nc1cc(N)cc(OC(C)C)c1. The molecule has 0 aromatic heterocycles. The molecular weight excluding hydrogens is 224 g/mol. The first-order valence-electron chi connectivity index (χ1n) is 6.85. The Hall–Kier alpha value is -1.38. The molecule has 1 unspecified atom stereocenters. The average molecular weight is 250 g/mol. The van der Waals surface area contributed by atoms with Gasteiger partial charge in [0.15, 0.2) is 0 Å². The van der Waals surface area contributed by atoms with Gasteiger partial charge >= 0.3 is 0 Å². The maximum absolute atomic E-state index is 5.89. The van der Waals surface area contributed by atoms with Gasteiger partial charge in [0.1, 0.15) is 5.75 Å². The van der Waals surface area contributed by atoms with E-state index >= 15 is 0 Å². The van der Waals surface area contributed by atoms with E-state index in [2.05, 4.69) is 19.2 Å². The van der Waals surface area contributed by atoms with Crippen LogP contribution < -0.4 is 15.8 Å². The monoisotopic (exact) mass is 250 g/mol. The molecule has 0 heterocycles. The van der Waals surface area contributed by atoms with Crippen LogP contribution >= 0.6 is 0 Å². The van der Waals surface area contributed by atoms with Crippen molar-refractivity contribution >= 4 is 11.4 Å². The van der Waals surface area contributed by atoms with E-state index in [9.17, 15) is 0 Å². The second kappa shape index (κ2) is 7.14. The van der Waals surface area contributed by atoms with Gasteiger partial charge in [-0.15, -0.1) is 0 Å². The highest BCUT2D eigenvalue weighted by molar-refractivity contribution is 5.59. The Morgan fingerprint density at radius 3 is 2.56 bits per heavy atom. The highest BCUT2D eigenvalue weighted by Gasteiger charge is 2.05. The standard InChI is InChI=1S/C15H26N2O/c1-5-6-7-12(4)17-14-8-13(16)9-15(10-14)18-11(2)3/h8-12,17H,5-7,16H2,1-4H3. The van der Waals surface area contributed by atoms with Crippen molar-refractivity contribution < 1.29 is 4.74 Å². The molecule has 0 fully saturated rings. The highest BCUT2D eigenvalue weighted by Crippen LogP contribution is 2.24. The van der Waals surface area contributed by atoms with E-state index in [1.54, 1.807) is 0 Å². The number of ether oxygens (including phenoxy) is 1. The van der Waals surface area contributed by atoms with Crippen molar-refractivity contribution in [2.24, 2.45) is 0 Å². The van der Waals surface area contributed by atoms with Crippen LogP contribution in [0.25, 0.3) is 0 Å². The van der Waals surface area contributed by atoms with Crippen LogP contribution in [-0.4, -0.2) is 12.1 Å². The minimum Gasteiger partial charge on any atom is -0.491 e. The van der Waals surface area contributed by atoms with Crippen molar-refractivity contribution in [3.05, 3.63) is 18.2 Å². The number of benzene rings is 1. The van der Waals surface area contributed by atoms with E-state index in [0.717, 1.165) is 17.1 Å². The molecule has 0 amide bonds. The number of hydrogen-bond donors (Lipinski definition) is 2. The van der Waals surface area contributed by atoms with E-state index in [4.69, 9.17) is 10.5 Å². The maximum atomic E-state index is 5.89. The Balaban J connectivity index is 2.67. The van der Waals surface area contributed by atoms with Crippen LogP contribution in [0.2, 0.25) is 0 Å². The smallest absolute Gasteiger partial charge is 0.123 e. The lowest BCUT2D eigenvalue weighted by Crippen LogP contribution is -2.15. The maximum Gasteiger partial charge on any atom is 0.123 e. The third-order valence-corrected chi connectivity index (χ3v) is 2.70. The molecule has 0 aliphatic heterocycles. The number of hydrogen-bond acceptors (Lipinski definition) is 3. The summed E-state index contributed by atoms with van der Waals surface area (Å²) in [6, 6.07) is 6.29. The predicted octanol–water partition coefficient (Wildman–Crippen LogP) is 4.05. The van der Waals surface area contributed by atoms with Gasteiger partial charge < -0.3 is 15.8 Å². The molecule has 0 saturated carbocycles. The summed E-state index contributed by atoms with van der Waals surface area (Å²) < 4.78 is 5.68. The van der Waals surface area contributed by atoms with Gasteiger partial charge in [-0.2, -0.15) is 0 Å². The molecule has 3 heteroatoms. The molecule has 1 atom stereocenters. The van der Waals surface area contributed by atoms with Gasteiger partial charge in [0.2, 0.25) is 0 Å². The van der Waals surface area contributed by atoms with Crippen LogP contribution in [-0.2, 0) is 0 Å². The summed E-state index contributed by atoms with van der Waals surface area (Å²) in [7, 11) is 0. The second-order valence-electron chi connectivity index (χ2n) is 5.14. The molecule has 0 spiro atoms. The Labute approximate surface area is 111 Å².